The van der Waals surface area contributed by atoms with E-state index in [1.54, 1.807) is 20.8 Å². The number of hydrogen-bond acceptors (Lipinski definition) is 8. The van der Waals surface area contributed by atoms with E-state index in [0.29, 0.717) is 0 Å². The van der Waals surface area contributed by atoms with Gasteiger partial charge in [0.1, 0.15) is 12.2 Å². The fraction of sp³-hybridized carbons (Fsp3) is 0.909. The Balaban J connectivity index is 2.27. The summed E-state index contributed by atoms with van der Waals surface area (Å²) < 4.78 is 48.5. The first-order chi connectivity index (χ1) is 9.10. The maximum Gasteiger partial charge on any atom is 0.401 e. The van der Waals surface area contributed by atoms with Gasteiger partial charge < -0.3 is 14.2 Å². The normalized spacial score (nSPS) is 38.8. The quantitative estimate of drug-likeness (QED) is 0.678. The smallest absolute Gasteiger partial charge is 0.401 e. The lowest BCUT2D eigenvalue weighted by Crippen LogP contribution is -2.52. The Labute approximate surface area is 117 Å². The van der Waals surface area contributed by atoms with Crippen molar-refractivity contribution in [2.24, 2.45) is 0 Å². The van der Waals surface area contributed by atoms with Crippen LogP contribution in [0.1, 0.15) is 27.7 Å². The SMILES string of the molecule is CCOC(=O)[C@]1(C)OS(=O)(=O)O[C@@H]1[C@H]1COC(C)(C)O1. The molecule has 0 aromatic carbocycles. The van der Waals surface area contributed by atoms with Gasteiger partial charge in [0.2, 0.25) is 5.60 Å². The van der Waals surface area contributed by atoms with Gasteiger partial charge in [0.05, 0.1) is 13.2 Å². The molecule has 8 nitrogen and oxygen atoms in total. The average Bonchev–Trinajstić information content (AvgIpc) is 2.77. The van der Waals surface area contributed by atoms with Crippen LogP contribution in [0.25, 0.3) is 0 Å². The third kappa shape index (κ3) is 2.82. The molecular formula is C11H18O8S. The third-order valence-electron chi connectivity index (χ3n) is 3.09. The van der Waals surface area contributed by atoms with Crippen molar-refractivity contribution in [3.8, 4) is 0 Å². The lowest BCUT2D eigenvalue weighted by molar-refractivity contribution is -0.175. The van der Waals surface area contributed by atoms with Crippen LogP contribution in [0, 0.1) is 0 Å². The number of rotatable bonds is 3. The minimum atomic E-state index is -4.28. The van der Waals surface area contributed by atoms with Crippen molar-refractivity contribution < 1.29 is 35.8 Å². The van der Waals surface area contributed by atoms with Gasteiger partial charge >= 0.3 is 16.4 Å². The second-order valence-corrected chi connectivity index (χ2v) is 6.38. The first kappa shape index (κ1) is 15.6. The van der Waals surface area contributed by atoms with Crippen molar-refractivity contribution in [3.05, 3.63) is 0 Å². The van der Waals surface area contributed by atoms with Gasteiger partial charge in [-0.05, 0) is 27.7 Å². The Bertz CT molecular complexity index is 499. The standard InChI is InChI=1S/C11H18O8S/c1-5-15-9(12)11(4)8(18-20(13,14)19-11)7-6-16-10(2,3)17-7/h7-8H,5-6H2,1-4H3/t7-,8-,11-/m1/s1. The molecule has 0 radical (unpaired) electrons. The molecule has 0 N–H and O–H groups in total. The molecule has 0 aromatic heterocycles. The van der Waals surface area contributed by atoms with Crippen molar-refractivity contribution >= 4 is 16.4 Å². The zero-order chi connectivity index (χ0) is 15.2. The van der Waals surface area contributed by atoms with Gasteiger partial charge in [-0.1, -0.05) is 0 Å². The van der Waals surface area contributed by atoms with Gasteiger partial charge in [-0.25, -0.2) is 13.2 Å². The Morgan fingerprint density at radius 1 is 1.35 bits per heavy atom. The topological polar surface area (TPSA) is 97.4 Å². The zero-order valence-corrected chi connectivity index (χ0v) is 12.6. The lowest BCUT2D eigenvalue weighted by atomic mass is 9.95. The molecule has 0 bridgehead atoms. The molecule has 0 spiro atoms. The van der Waals surface area contributed by atoms with Gasteiger partial charge in [0, 0.05) is 0 Å². The fourth-order valence-electron chi connectivity index (χ4n) is 2.20. The van der Waals surface area contributed by atoms with Gasteiger partial charge in [0.25, 0.3) is 0 Å². The van der Waals surface area contributed by atoms with E-state index in [1.807, 2.05) is 0 Å². The lowest BCUT2D eigenvalue weighted by Gasteiger charge is -2.27. The fourth-order valence-corrected chi connectivity index (χ4v) is 3.39. The highest BCUT2D eigenvalue weighted by atomic mass is 32.3. The van der Waals surface area contributed by atoms with E-state index in [2.05, 4.69) is 0 Å². The molecule has 3 atom stereocenters. The number of carbonyl (C=O) groups excluding carboxylic acids is 1. The minimum absolute atomic E-state index is 0.0888. The number of hydrogen-bond donors (Lipinski definition) is 0. The van der Waals surface area contributed by atoms with Crippen LogP contribution >= 0.6 is 0 Å². The number of ether oxygens (including phenoxy) is 3. The highest BCUT2D eigenvalue weighted by Crippen LogP contribution is 2.38. The van der Waals surface area contributed by atoms with Gasteiger partial charge in [-0.2, -0.15) is 8.42 Å². The molecule has 0 unspecified atom stereocenters. The first-order valence-electron chi connectivity index (χ1n) is 6.22. The van der Waals surface area contributed by atoms with Crippen LogP contribution in [-0.4, -0.2) is 51.2 Å². The highest BCUT2D eigenvalue weighted by molar-refractivity contribution is 7.82. The molecule has 0 aromatic rings. The Kier molecular flexibility index (Phi) is 3.85. The van der Waals surface area contributed by atoms with Crippen LogP contribution in [0.2, 0.25) is 0 Å². The van der Waals surface area contributed by atoms with Crippen LogP contribution in [-0.2, 0) is 37.8 Å². The van der Waals surface area contributed by atoms with Crippen molar-refractivity contribution in [3.63, 3.8) is 0 Å². The number of esters is 1. The number of carbonyl (C=O) groups is 1. The third-order valence-corrected chi connectivity index (χ3v) is 4.08. The maximum atomic E-state index is 12.0. The largest absolute Gasteiger partial charge is 0.464 e. The van der Waals surface area contributed by atoms with Gasteiger partial charge in [-0.3, -0.25) is 0 Å². The molecule has 0 saturated carbocycles. The van der Waals surface area contributed by atoms with Crippen molar-refractivity contribution in [1.29, 1.82) is 0 Å². The molecule has 2 rings (SSSR count). The molecule has 20 heavy (non-hydrogen) atoms. The summed E-state index contributed by atoms with van der Waals surface area (Å²) in [6, 6.07) is 0. The first-order valence-corrected chi connectivity index (χ1v) is 7.56. The van der Waals surface area contributed by atoms with E-state index >= 15 is 0 Å². The van der Waals surface area contributed by atoms with E-state index in [0.717, 1.165) is 0 Å². The summed E-state index contributed by atoms with van der Waals surface area (Å²) in [4.78, 5) is 12.0. The molecule has 2 aliphatic heterocycles. The average molecular weight is 310 g/mol. The van der Waals surface area contributed by atoms with Crippen molar-refractivity contribution in [2.75, 3.05) is 13.2 Å². The maximum absolute atomic E-state index is 12.0. The molecular weight excluding hydrogens is 292 g/mol. The summed E-state index contributed by atoms with van der Waals surface area (Å²) in [5.41, 5.74) is -1.79. The molecule has 2 heterocycles. The Morgan fingerprint density at radius 3 is 2.50 bits per heavy atom. The van der Waals surface area contributed by atoms with E-state index in [4.69, 9.17) is 22.6 Å². The molecule has 2 aliphatic rings. The summed E-state index contributed by atoms with van der Waals surface area (Å²) in [7, 11) is -4.28. The molecule has 116 valence electrons. The van der Waals surface area contributed by atoms with Crippen LogP contribution in [0.3, 0.4) is 0 Å². The van der Waals surface area contributed by atoms with Crippen LogP contribution < -0.4 is 0 Å². The van der Waals surface area contributed by atoms with E-state index < -0.39 is 40.0 Å². The van der Waals surface area contributed by atoms with Crippen LogP contribution in [0.5, 0.6) is 0 Å². The van der Waals surface area contributed by atoms with Gasteiger partial charge in [-0.15, -0.1) is 0 Å². The minimum Gasteiger partial charge on any atom is -0.464 e. The summed E-state index contributed by atoms with van der Waals surface area (Å²) in [6.45, 7) is 6.45. The van der Waals surface area contributed by atoms with E-state index in [9.17, 15) is 13.2 Å². The molecule has 9 heteroatoms. The van der Waals surface area contributed by atoms with Crippen molar-refractivity contribution in [1.82, 2.24) is 0 Å². The second kappa shape index (κ2) is 4.92. The summed E-state index contributed by atoms with van der Waals surface area (Å²) >= 11 is 0. The summed E-state index contributed by atoms with van der Waals surface area (Å²) in [5.74, 6) is -1.70. The summed E-state index contributed by atoms with van der Waals surface area (Å²) in [6.07, 6.45) is -1.91. The Hall–Kier alpha value is -0.740. The monoisotopic (exact) mass is 310 g/mol. The molecule has 0 aliphatic carbocycles. The van der Waals surface area contributed by atoms with Crippen LogP contribution in [0.4, 0.5) is 0 Å². The molecule has 0 amide bonds. The predicted octanol–water partition coefficient (Wildman–Crippen LogP) is 0.120. The zero-order valence-electron chi connectivity index (χ0n) is 11.7. The van der Waals surface area contributed by atoms with E-state index in [-0.39, 0.29) is 13.2 Å². The summed E-state index contributed by atoms with van der Waals surface area (Å²) in [5, 5.41) is 0. The second-order valence-electron chi connectivity index (χ2n) is 5.20. The van der Waals surface area contributed by atoms with E-state index in [1.165, 1.54) is 6.92 Å². The highest BCUT2D eigenvalue weighted by Gasteiger charge is 2.61. The van der Waals surface area contributed by atoms with Gasteiger partial charge in [0.15, 0.2) is 5.79 Å². The Morgan fingerprint density at radius 2 is 2.00 bits per heavy atom. The predicted molar refractivity (Wildman–Crippen MR) is 64.8 cm³/mol. The molecule has 2 saturated heterocycles. The molecule has 2 fully saturated rings. The van der Waals surface area contributed by atoms with Crippen LogP contribution in [0.15, 0.2) is 0 Å². The van der Waals surface area contributed by atoms with Crippen molar-refractivity contribution in [2.45, 2.75) is 51.3 Å².